The number of esters is 1. The van der Waals surface area contributed by atoms with Gasteiger partial charge in [0, 0.05) is 13.5 Å². The maximum atomic E-state index is 10.5. The molecule has 0 bridgehead atoms. The van der Waals surface area contributed by atoms with E-state index in [-0.39, 0.29) is 12.3 Å². The summed E-state index contributed by atoms with van der Waals surface area (Å²) in [5, 5.41) is 0. The summed E-state index contributed by atoms with van der Waals surface area (Å²) in [7, 11) is 0. The lowest BCUT2D eigenvalue weighted by Crippen LogP contribution is -2.32. The summed E-state index contributed by atoms with van der Waals surface area (Å²) >= 11 is 2.35. The van der Waals surface area contributed by atoms with Crippen LogP contribution in [-0.2, 0) is 19.0 Å². The number of carbonyl (C=O) groups excluding carboxylic acids is 1. The van der Waals surface area contributed by atoms with E-state index in [0.29, 0.717) is 17.1 Å². The lowest BCUT2D eigenvalue weighted by Gasteiger charge is -2.27. The maximum Gasteiger partial charge on any atom is 0.302 e. The zero-order chi connectivity index (χ0) is 11.8. The van der Waals surface area contributed by atoms with Crippen LogP contribution in [0.15, 0.2) is 12.2 Å². The smallest absolute Gasteiger partial charge is 0.302 e. The summed E-state index contributed by atoms with van der Waals surface area (Å²) in [5.74, 6) is -0.270. The van der Waals surface area contributed by atoms with Gasteiger partial charge in [0.25, 0.3) is 0 Å². The second kappa shape index (κ2) is 8.03. The molecule has 5 heteroatoms. The molecule has 0 amide bonds. The Morgan fingerprint density at radius 3 is 2.94 bits per heavy atom. The van der Waals surface area contributed by atoms with E-state index in [2.05, 4.69) is 22.6 Å². The van der Waals surface area contributed by atoms with Crippen molar-refractivity contribution in [2.45, 2.75) is 30.0 Å². The van der Waals surface area contributed by atoms with Crippen LogP contribution in [0.3, 0.4) is 0 Å². The molecule has 16 heavy (non-hydrogen) atoms. The van der Waals surface area contributed by atoms with Crippen molar-refractivity contribution < 1.29 is 19.0 Å². The molecule has 0 radical (unpaired) electrons. The van der Waals surface area contributed by atoms with Gasteiger partial charge in [0.15, 0.2) is 6.29 Å². The van der Waals surface area contributed by atoms with Gasteiger partial charge in [0.05, 0.1) is 10.5 Å². The molecule has 2 atom stereocenters. The first kappa shape index (κ1) is 13.9. The first-order valence-corrected chi connectivity index (χ1v) is 6.60. The zero-order valence-corrected chi connectivity index (χ0v) is 11.5. The van der Waals surface area contributed by atoms with Gasteiger partial charge in [0.2, 0.25) is 0 Å². The molecular formula is C11H17IO4. The molecule has 0 aliphatic carbocycles. The fourth-order valence-electron chi connectivity index (χ4n) is 1.32. The minimum absolute atomic E-state index is 0.104. The van der Waals surface area contributed by atoms with Gasteiger partial charge >= 0.3 is 5.97 Å². The quantitative estimate of drug-likeness (QED) is 0.333. The van der Waals surface area contributed by atoms with Crippen LogP contribution in [0.1, 0.15) is 19.8 Å². The first-order chi connectivity index (χ1) is 7.70. The van der Waals surface area contributed by atoms with E-state index in [0.717, 1.165) is 19.4 Å². The molecule has 1 aliphatic heterocycles. The highest BCUT2D eigenvalue weighted by atomic mass is 127. The molecule has 1 fully saturated rings. The molecule has 92 valence electrons. The Bertz CT molecular complexity index is 242. The van der Waals surface area contributed by atoms with Gasteiger partial charge in [-0.1, -0.05) is 28.7 Å². The minimum atomic E-state index is -0.270. The standard InChI is InChI=1S/C11H17IO4/c1-9(13)14-6-2-3-7-15-11-10(12)5-4-8-16-11/h2-3,10-11H,4-8H2,1H3/b3-2-/t10-,11-/m1/s1. The fourth-order valence-corrected chi connectivity index (χ4v) is 2.18. The molecule has 1 aliphatic rings. The Labute approximate surface area is 109 Å². The Balaban J connectivity index is 2.07. The van der Waals surface area contributed by atoms with E-state index in [9.17, 15) is 4.79 Å². The van der Waals surface area contributed by atoms with Gasteiger partial charge < -0.3 is 14.2 Å². The topological polar surface area (TPSA) is 44.8 Å². The molecular weight excluding hydrogens is 323 g/mol. The molecule has 0 aromatic rings. The van der Waals surface area contributed by atoms with Crippen LogP contribution in [0.4, 0.5) is 0 Å². The highest BCUT2D eigenvalue weighted by Gasteiger charge is 2.23. The van der Waals surface area contributed by atoms with Crippen molar-refractivity contribution in [1.29, 1.82) is 0 Å². The van der Waals surface area contributed by atoms with E-state index in [4.69, 9.17) is 14.2 Å². The third-order valence-corrected chi connectivity index (χ3v) is 3.32. The minimum Gasteiger partial charge on any atom is -0.462 e. The first-order valence-electron chi connectivity index (χ1n) is 5.36. The van der Waals surface area contributed by atoms with Gasteiger partial charge in [-0.3, -0.25) is 4.79 Å². The van der Waals surface area contributed by atoms with Crippen molar-refractivity contribution in [1.82, 2.24) is 0 Å². The number of alkyl halides is 1. The van der Waals surface area contributed by atoms with Crippen molar-refractivity contribution in [3.8, 4) is 0 Å². The van der Waals surface area contributed by atoms with E-state index in [1.54, 1.807) is 6.08 Å². The monoisotopic (exact) mass is 340 g/mol. The van der Waals surface area contributed by atoms with Crippen LogP contribution >= 0.6 is 22.6 Å². The van der Waals surface area contributed by atoms with E-state index < -0.39 is 0 Å². The predicted molar refractivity (Wildman–Crippen MR) is 68.5 cm³/mol. The van der Waals surface area contributed by atoms with Crippen LogP contribution in [0.25, 0.3) is 0 Å². The lowest BCUT2D eigenvalue weighted by atomic mass is 10.2. The number of halogens is 1. The number of rotatable bonds is 5. The molecule has 0 N–H and O–H groups in total. The summed E-state index contributed by atoms with van der Waals surface area (Å²) < 4.78 is 16.2. The third-order valence-electron chi connectivity index (χ3n) is 2.11. The van der Waals surface area contributed by atoms with Gasteiger partial charge in [0.1, 0.15) is 6.61 Å². The molecule has 1 saturated heterocycles. The Hall–Kier alpha value is -0.140. The highest BCUT2D eigenvalue weighted by molar-refractivity contribution is 14.1. The summed E-state index contributed by atoms with van der Waals surface area (Å²) in [5.41, 5.74) is 0. The predicted octanol–water partition coefficient (Wildman–Crippen LogP) is 2.06. The number of ether oxygens (including phenoxy) is 3. The number of hydrogen-bond acceptors (Lipinski definition) is 4. The molecule has 0 saturated carbocycles. The largest absolute Gasteiger partial charge is 0.462 e. The van der Waals surface area contributed by atoms with E-state index in [1.807, 2.05) is 6.08 Å². The molecule has 0 spiro atoms. The van der Waals surface area contributed by atoms with Crippen LogP contribution in [-0.4, -0.2) is 36.0 Å². The van der Waals surface area contributed by atoms with Crippen LogP contribution in [0.5, 0.6) is 0 Å². The molecule has 0 aromatic carbocycles. The van der Waals surface area contributed by atoms with Crippen molar-refractivity contribution >= 4 is 28.6 Å². The van der Waals surface area contributed by atoms with Crippen LogP contribution < -0.4 is 0 Å². The fraction of sp³-hybridized carbons (Fsp3) is 0.727. The molecule has 1 heterocycles. The lowest BCUT2D eigenvalue weighted by molar-refractivity contribution is -0.148. The molecule has 0 unspecified atom stereocenters. The number of carbonyl (C=O) groups is 1. The highest BCUT2D eigenvalue weighted by Crippen LogP contribution is 2.22. The second-order valence-electron chi connectivity index (χ2n) is 3.50. The Kier molecular flexibility index (Phi) is 6.98. The maximum absolute atomic E-state index is 10.5. The van der Waals surface area contributed by atoms with E-state index >= 15 is 0 Å². The van der Waals surface area contributed by atoms with Crippen molar-refractivity contribution in [2.75, 3.05) is 19.8 Å². The summed E-state index contributed by atoms with van der Waals surface area (Å²) in [4.78, 5) is 10.5. The molecule has 4 nitrogen and oxygen atoms in total. The Morgan fingerprint density at radius 2 is 2.25 bits per heavy atom. The summed E-state index contributed by atoms with van der Waals surface area (Å²) in [6, 6.07) is 0. The molecule has 0 aromatic heterocycles. The third kappa shape index (κ3) is 5.81. The van der Waals surface area contributed by atoms with Gasteiger partial charge in [-0.25, -0.2) is 0 Å². The zero-order valence-electron chi connectivity index (χ0n) is 9.36. The second-order valence-corrected chi connectivity index (χ2v) is 5.10. The van der Waals surface area contributed by atoms with Crippen LogP contribution in [0.2, 0.25) is 0 Å². The van der Waals surface area contributed by atoms with Crippen molar-refractivity contribution in [2.24, 2.45) is 0 Å². The van der Waals surface area contributed by atoms with Gasteiger partial charge in [-0.15, -0.1) is 0 Å². The average molecular weight is 340 g/mol. The SMILES string of the molecule is CC(=O)OC/C=C\CO[C@@H]1OCCC[C@H]1I. The van der Waals surface area contributed by atoms with Crippen molar-refractivity contribution in [3.63, 3.8) is 0 Å². The van der Waals surface area contributed by atoms with Gasteiger partial charge in [-0.2, -0.15) is 0 Å². The number of hydrogen-bond donors (Lipinski definition) is 0. The summed E-state index contributed by atoms with van der Waals surface area (Å²) in [6.07, 6.45) is 5.75. The molecule has 1 rings (SSSR count). The van der Waals surface area contributed by atoms with Crippen molar-refractivity contribution in [3.05, 3.63) is 12.2 Å². The summed E-state index contributed by atoms with van der Waals surface area (Å²) in [6.45, 7) is 2.96. The van der Waals surface area contributed by atoms with Gasteiger partial charge in [-0.05, 0) is 18.9 Å². The van der Waals surface area contributed by atoms with Crippen LogP contribution in [0, 0.1) is 0 Å². The average Bonchev–Trinajstić information content (AvgIpc) is 2.25. The normalized spacial score (nSPS) is 25.9. The Morgan fingerprint density at radius 1 is 1.50 bits per heavy atom. The van der Waals surface area contributed by atoms with E-state index in [1.165, 1.54) is 6.92 Å².